The molecule has 20 heavy (non-hydrogen) atoms. The van der Waals surface area contributed by atoms with Crippen molar-refractivity contribution in [1.82, 2.24) is 4.90 Å². The fourth-order valence-corrected chi connectivity index (χ4v) is 1.37. The summed E-state index contributed by atoms with van der Waals surface area (Å²) in [5.41, 5.74) is 5.28. The van der Waals surface area contributed by atoms with Gasteiger partial charge < -0.3 is 15.7 Å². The first-order valence-electron chi connectivity index (χ1n) is 5.31. The Hall–Kier alpha value is -2.15. The van der Waals surface area contributed by atoms with Gasteiger partial charge in [0.05, 0.1) is 6.61 Å². The summed E-state index contributed by atoms with van der Waals surface area (Å²) in [4.78, 5) is 8.19. The van der Waals surface area contributed by atoms with Crippen molar-refractivity contribution in [2.45, 2.75) is 6.42 Å². The molecule has 0 heterocycles. The summed E-state index contributed by atoms with van der Waals surface area (Å²) in [6.07, 6.45) is 1.01. The molecular weight excluding hydrogens is 302 g/mol. The van der Waals surface area contributed by atoms with Gasteiger partial charge >= 0.3 is 62.9 Å². The van der Waals surface area contributed by atoms with E-state index in [-0.39, 0.29) is 6.61 Å². The van der Waals surface area contributed by atoms with Crippen LogP contribution in [0, 0.1) is 51.1 Å². The van der Waals surface area contributed by atoms with Gasteiger partial charge in [-0.3, -0.25) is 0 Å². The second-order valence-electron chi connectivity index (χ2n) is 3.45. The number of aliphatic hydroxyl groups excluding tert-OH is 1. The number of rotatable bonds is 5. The van der Waals surface area contributed by atoms with Crippen molar-refractivity contribution in [3.05, 3.63) is 0 Å². The van der Waals surface area contributed by atoms with Crippen molar-refractivity contribution >= 4 is 0 Å². The van der Waals surface area contributed by atoms with Gasteiger partial charge in [0.2, 0.25) is 0 Å². The fraction of sp³-hybridized carbons (Fsp3) is 0.545. The van der Waals surface area contributed by atoms with E-state index in [4.69, 9.17) is 37.1 Å². The zero-order chi connectivity index (χ0) is 16.1. The molecule has 0 radical (unpaired) electrons. The molecule has 3 N–H and O–H groups in total. The number of nitriles is 5. The van der Waals surface area contributed by atoms with E-state index in [0.29, 0.717) is 0 Å². The summed E-state index contributed by atoms with van der Waals surface area (Å²) in [6.45, 7) is 2.70. The Morgan fingerprint density at radius 3 is 1.55 bits per heavy atom. The van der Waals surface area contributed by atoms with E-state index in [1.54, 1.807) is 0 Å². The Kier molecular flexibility index (Phi) is 9.82. The Balaban J connectivity index is 0. The maximum atomic E-state index is 8.46. The first-order chi connectivity index (χ1) is 9.42. The van der Waals surface area contributed by atoms with Crippen LogP contribution in [0.4, 0.5) is 0 Å². The molecule has 0 unspecified atom stereocenters. The van der Waals surface area contributed by atoms with Crippen LogP contribution >= 0.6 is 0 Å². The maximum absolute atomic E-state index is 8.46. The Labute approximate surface area is 119 Å². The van der Waals surface area contributed by atoms with Crippen LogP contribution in [0.25, 0.3) is 0 Å². The number of likely N-dealkylation sites (N-methyl/N-ethyl adjacent to an activating group) is 1. The average molecular weight is 318 g/mol. The van der Waals surface area contributed by atoms with Crippen molar-refractivity contribution in [2.24, 2.45) is 5.73 Å². The molecule has 0 aliphatic rings. The Bertz CT molecular complexity index is 414. The van der Waals surface area contributed by atoms with Gasteiger partial charge in [-0.05, 0) is 26.6 Å². The summed E-state index contributed by atoms with van der Waals surface area (Å²) in [6, 6.07) is 0. The summed E-state index contributed by atoms with van der Waals surface area (Å²) in [5.74, 6) is 0. The first-order valence-corrected chi connectivity index (χ1v) is 8.07. The van der Waals surface area contributed by atoms with Gasteiger partial charge in [-0.1, -0.05) is 0 Å². The van der Waals surface area contributed by atoms with E-state index in [1.165, 1.54) is 24.8 Å². The van der Waals surface area contributed by atoms with E-state index in [9.17, 15) is 0 Å². The summed E-state index contributed by atoms with van der Waals surface area (Å²) < 4.78 is 0. The number of nitrogens with zero attached hydrogens (tertiary/aromatic N) is 6. The third-order valence-corrected chi connectivity index (χ3v) is 4.49. The zero-order valence-corrected chi connectivity index (χ0v) is 12.2. The van der Waals surface area contributed by atoms with Crippen LogP contribution in [0.5, 0.6) is 0 Å². The predicted octanol–water partition coefficient (Wildman–Crippen LogP) is -0.659. The van der Waals surface area contributed by atoms with Gasteiger partial charge in [0, 0.05) is 6.54 Å². The summed E-state index contributed by atoms with van der Waals surface area (Å²) in [5, 5.41) is 50.2. The monoisotopic (exact) mass is 318 g/mol. The van der Waals surface area contributed by atoms with Crippen LogP contribution in [0.3, 0.4) is 0 Å². The molecule has 0 aromatic carbocycles. The quantitative estimate of drug-likeness (QED) is 0.629. The van der Waals surface area contributed by atoms with E-state index in [1.807, 2.05) is 7.05 Å². The van der Waals surface area contributed by atoms with Gasteiger partial charge in [-0.2, -0.15) is 0 Å². The average Bonchev–Trinajstić information content (AvgIpc) is 2.50. The molecule has 9 heteroatoms. The van der Waals surface area contributed by atoms with E-state index in [2.05, 4.69) is 4.90 Å². The molecule has 0 aromatic heterocycles. The van der Waals surface area contributed by atoms with Crippen LogP contribution in [0.15, 0.2) is 0 Å². The van der Waals surface area contributed by atoms with Crippen LogP contribution < -0.4 is 5.73 Å². The van der Waals surface area contributed by atoms with E-state index in [0.717, 1.165) is 26.1 Å². The minimum absolute atomic E-state index is 0.237. The standard InChI is InChI=1S/C6H16N2O.5CN.Fe/c1-8(5-6-9)4-2-3-7;5*1-2;/h9H,2-7H2,1H3;;;;;;. The molecule has 0 saturated heterocycles. The number of aliphatic hydroxyl groups is 1. The molecule has 0 saturated carbocycles. The van der Waals surface area contributed by atoms with Gasteiger partial charge in [-0.15, -0.1) is 0 Å². The van der Waals surface area contributed by atoms with Crippen molar-refractivity contribution < 1.29 is 16.9 Å². The number of hydrogen-bond acceptors (Lipinski definition) is 8. The topological polar surface area (TPSA) is 168 Å². The van der Waals surface area contributed by atoms with Crippen LogP contribution in [-0.4, -0.2) is 43.3 Å². The minimum atomic E-state index is -4.78. The van der Waals surface area contributed by atoms with E-state index >= 15 is 0 Å². The molecule has 0 atom stereocenters. The molecule has 0 amide bonds. The summed E-state index contributed by atoms with van der Waals surface area (Å²) in [7, 11) is 1.98. The van der Waals surface area contributed by atoms with Crippen LogP contribution in [-0.2, 0) is 11.8 Å². The predicted molar refractivity (Wildman–Crippen MR) is 66.3 cm³/mol. The molecular formula is C11H16FeN7O. The second kappa shape index (κ2) is 9.74. The molecule has 0 spiro atoms. The van der Waals surface area contributed by atoms with Gasteiger partial charge in [0.1, 0.15) is 0 Å². The molecule has 109 valence electrons. The Morgan fingerprint density at radius 2 is 1.35 bits per heavy atom. The van der Waals surface area contributed by atoms with Crippen molar-refractivity contribution in [2.75, 3.05) is 33.3 Å². The number of hydrogen-bond donors (Lipinski definition) is 2. The third-order valence-electron chi connectivity index (χ3n) is 2.02. The molecule has 0 rings (SSSR count). The van der Waals surface area contributed by atoms with Gasteiger partial charge in [0.15, 0.2) is 0 Å². The summed E-state index contributed by atoms with van der Waals surface area (Å²) >= 11 is -4.78. The van der Waals surface area contributed by atoms with E-state index < -0.39 is 11.8 Å². The molecule has 8 nitrogen and oxygen atoms in total. The van der Waals surface area contributed by atoms with Crippen molar-refractivity contribution in [1.29, 1.82) is 26.3 Å². The van der Waals surface area contributed by atoms with Gasteiger partial charge in [0.25, 0.3) is 0 Å². The molecule has 0 aliphatic heterocycles. The second-order valence-corrected chi connectivity index (χ2v) is 7.44. The SMILES string of the molecule is CN(CCO)CCCN.N#[C][Fe]([C]#N)([C]#N)([C]#N)[C]#N. The zero-order valence-electron chi connectivity index (χ0n) is 11.1. The van der Waals surface area contributed by atoms with Crippen molar-refractivity contribution in [3.63, 3.8) is 0 Å². The molecule has 0 aliphatic carbocycles. The third kappa shape index (κ3) is 5.66. The Morgan fingerprint density at radius 1 is 0.950 bits per heavy atom. The molecule has 0 fully saturated rings. The molecule has 0 aromatic rings. The van der Waals surface area contributed by atoms with Crippen molar-refractivity contribution in [3.8, 4) is 24.8 Å². The van der Waals surface area contributed by atoms with Gasteiger partial charge in [-0.25, -0.2) is 0 Å². The molecule has 0 bridgehead atoms. The fourth-order valence-electron chi connectivity index (χ4n) is 0.820. The van der Waals surface area contributed by atoms with Crippen LogP contribution in [0.2, 0.25) is 0 Å². The number of nitrogens with two attached hydrogens (primary N) is 1. The normalized spacial score (nSPS) is 11.1. The first kappa shape index (κ1) is 20.2. The van der Waals surface area contributed by atoms with Crippen LogP contribution in [0.1, 0.15) is 6.42 Å².